The third-order valence-electron chi connectivity index (χ3n) is 1.51. The first kappa shape index (κ1) is 11.8. The molecular weight excluding hydrogens is 178 g/mol. The van der Waals surface area contributed by atoms with E-state index in [0.29, 0.717) is 6.54 Å². The van der Waals surface area contributed by atoms with Crippen LogP contribution in [-0.4, -0.2) is 39.4 Å². The van der Waals surface area contributed by atoms with Gasteiger partial charge in [0.1, 0.15) is 0 Å². The summed E-state index contributed by atoms with van der Waals surface area (Å²) in [6, 6.07) is 0. The molecule has 0 saturated carbocycles. The molecule has 0 aliphatic rings. The summed E-state index contributed by atoms with van der Waals surface area (Å²) < 4.78 is 22.5. The van der Waals surface area contributed by atoms with Gasteiger partial charge in [0.15, 0.2) is 0 Å². The van der Waals surface area contributed by atoms with Crippen molar-refractivity contribution in [1.82, 2.24) is 9.62 Å². The minimum atomic E-state index is -3.48. The number of hydrogen-bond acceptors (Lipinski definition) is 3. The Kier molecular flexibility index (Phi) is 5.39. The van der Waals surface area contributed by atoms with Gasteiger partial charge >= 0.3 is 0 Å². The topological polar surface area (TPSA) is 75.4 Å². The average molecular weight is 195 g/mol. The van der Waals surface area contributed by atoms with Gasteiger partial charge in [-0.15, -0.1) is 0 Å². The van der Waals surface area contributed by atoms with E-state index in [2.05, 4.69) is 5.32 Å². The molecule has 0 aromatic rings. The van der Waals surface area contributed by atoms with Crippen LogP contribution in [0, 0.1) is 0 Å². The Hall–Kier alpha value is -0.170. The molecule has 0 unspecified atom stereocenters. The molecule has 0 aliphatic heterocycles. The SMILES string of the molecule is CCNCCCN(C)S(N)(=O)=O. The number of nitrogens with two attached hydrogens (primary N) is 1. The van der Waals surface area contributed by atoms with Crippen molar-refractivity contribution in [3.63, 3.8) is 0 Å². The lowest BCUT2D eigenvalue weighted by Crippen LogP contribution is -2.35. The molecule has 0 radical (unpaired) electrons. The summed E-state index contributed by atoms with van der Waals surface area (Å²) in [6.07, 6.45) is 0.779. The summed E-state index contributed by atoms with van der Waals surface area (Å²) in [5, 5.41) is 7.96. The molecule has 0 aromatic carbocycles. The Morgan fingerprint density at radius 3 is 2.50 bits per heavy atom. The summed E-state index contributed by atoms with van der Waals surface area (Å²) in [6.45, 7) is 4.19. The third-order valence-corrected chi connectivity index (χ3v) is 2.56. The lowest BCUT2D eigenvalue weighted by atomic mass is 10.4. The highest BCUT2D eigenvalue weighted by Gasteiger charge is 2.09. The number of nitrogens with one attached hydrogen (secondary N) is 1. The lowest BCUT2D eigenvalue weighted by Gasteiger charge is -2.12. The third kappa shape index (κ3) is 5.48. The van der Waals surface area contributed by atoms with E-state index in [1.807, 2.05) is 6.92 Å². The fourth-order valence-corrected chi connectivity index (χ4v) is 1.11. The van der Waals surface area contributed by atoms with Crippen molar-refractivity contribution >= 4 is 10.2 Å². The van der Waals surface area contributed by atoms with Gasteiger partial charge in [0, 0.05) is 13.6 Å². The molecule has 0 amide bonds. The number of rotatable bonds is 6. The molecule has 0 aromatic heterocycles. The smallest absolute Gasteiger partial charge is 0.276 e. The molecule has 0 aliphatic carbocycles. The molecule has 0 fully saturated rings. The summed E-state index contributed by atoms with van der Waals surface area (Å²) >= 11 is 0. The minimum Gasteiger partial charge on any atom is -0.317 e. The van der Waals surface area contributed by atoms with Crippen LogP contribution >= 0.6 is 0 Å². The maximum atomic E-state index is 10.7. The van der Waals surface area contributed by atoms with Crippen LogP contribution in [0.1, 0.15) is 13.3 Å². The van der Waals surface area contributed by atoms with Crippen molar-refractivity contribution in [2.75, 3.05) is 26.7 Å². The van der Waals surface area contributed by atoms with Crippen molar-refractivity contribution in [2.24, 2.45) is 5.14 Å². The largest absolute Gasteiger partial charge is 0.317 e. The highest BCUT2D eigenvalue weighted by atomic mass is 32.2. The van der Waals surface area contributed by atoms with Gasteiger partial charge in [-0.3, -0.25) is 0 Å². The predicted octanol–water partition coefficient (Wildman–Crippen LogP) is -0.879. The highest BCUT2D eigenvalue weighted by Crippen LogP contribution is 1.90. The van der Waals surface area contributed by atoms with Crippen LogP contribution in [0.25, 0.3) is 0 Å². The normalized spacial score (nSPS) is 12.3. The van der Waals surface area contributed by atoms with E-state index in [1.165, 1.54) is 7.05 Å². The van der Waals surface area contributed by atoms with Crippen molar-refractivity contribution in [3.8, 4) is 0 Å². The van der Waals surface area contributed by atoms with Crippen LogP contribution in [0.2, 0.25) is 0 Å². The maximum Gasteiger partial charge on any atom is 0.276 e. The van der Waals surface area contributed by atoms with E-state index in [4.69, 9.17) is 5.14 Å². The predicted molar refractivity (Wildman–Crippen MR) is 48.9 cm³/mol. The molecule has 0 saturated heterocycles. The first-order valence-electron chi connectivity index (χ1n) is 3.93. The van der Waals surface area contributed by atoms with Gasteiger partial charge in [-0.2, -0.15) is 12.7 Å². The summed E-state index contributed by atoms with van der Waals surface area (Å²) in [4.78, 5) is 0. The van der Waals surface area contributed by atoms with E-state index in [0.717, 1.165) is 23.8 Å². The monoisotopic (exact) mass is 195 g/mol. The van der Waals surface area contributed by atoms with Crippen molar-refractivity contribution in [3.05, 3.63) is 0 Å². The van der Waals surface area contributed by atoms with Crippen LogP contribution < -0.4 is 10.5 Å². The quantitative estimate of drug-likeness (QED) is 0.540. The Labute approximate surface area is 74.1 Å². The van der Waals surface area contributed by atoms with Gasteiger partial charge in [-0.1, -0.05) is 6.92 Å². The first-order chi connectivity index (χ1) is 5.48. The van der Waals surface area contributed by atoms with Crippen LogP contribution in [-0.2, 0) is 10.2 Å². The summed E-state index contributed by atoms with van der Waals surface area (Å²) in [5.41, 5.74) is 0. The van der Waals surface area contributed by atoms with E-state index >= 15 is 0 Å². The van der Waals surface area contributed by atoms with E-state index < -0.39 is 10.2 Å². The van der Waals surface area contributed by atoms with Crippen LogP contribution in [0.4, 0.5) is 0 Å². The fraction of sp³-hybridized carbons (Fsp3) is 1.00. The molecule has 74 valence electrons. The van der Waals surface area contributed by atoms with Gasteiger partial charge in [-0.25, -0.2) is 5.14 Å². The molecule has 3 N–H and O–H groups in total. The van der Waals surface area contributed by atoms with Crippen LogP contribution in [0.15, 0.2) is 0 Å². The fourth-order valence-electron chi connectivity index (χ4n) is 0.731. The van der Waals surface area contributed by atoms with Crippen molar-refractivity contribution in [2.45, 2.75) is 13.3 Å². The number of hydrogen-bond donors (Lipinski definition) is 2. The molecule has 12 heavy (non-hydrogen) atoms. The lowest BCUT2D eigenvalue weighted by molar-refractivity contribution is 0.456. The Bertz CT molecular complexity index is 203. The van der Waals surface area contributed by atoms with Gasteiger partial charge in [-0.05, 0) is 19.5 Å². The van der Waals surface area contributed by atoms with Gasteiger partial charge < -0.3 is 5.32 Å². The highest BCUT2D eigenvalue weighted by molar-refractivity contribution is 7.86. The molecule has 0 bridgehead atoms. The Morgan fingerprint density at radius 2 is 2.08 bits per heavy atom. The molecule has 0 atom stereocenters. The molecule has 6 heteroatoms. The van der Waals surface area contributed by atoms with E-state index in [-0.39, 0.29) is 0 Å². The zero-order valence-corrected chi connectivity index (χ0v) is 8.39. The standard InChI is InChI=1S/C6H17N3O2S/c1-3-8-5-4-6-9(2)12(7,10)11/h8H,3-6H2,1-2H3,(H2,7,10,11). The molecule has 0 heterocycles. The van der Waals surface area contributed by atoms with Crippen LogP contribution in [0.5, 0.6) is 0 Å². The first-order valence-corrected chi connectivity index (χ1v) is 5.43. The summed E-state index contributed by atoms with van der Waals surface area (Å²) in [5.74, 6) is 0. The zero-order valence-electron chi connectivity index (χ0n) is 7.58. The second-order valence-electron chi connectivity index (χ2n) is 2.57. The number of nitrogens with zero attached hydrogens (tertiary/aromatic N) is 1. The Morgan fingerprint density at radius 1 is 1.50 bits per heavy atom. The van der Waals surface area contributed by atoms with Gasteiger partial charge in [0.25, 0.3) is 10.2 Å². The van der Waals surface area contributed by atoms with Crippen LogP contribution in [0.3, 0.4) is 0 Å². The summed E-state index contributed by atoms with van der Waals surface area (Å²) in [7, 11) is -2.01. The second-order valence-corrected chi connectivity index (χ2v) is 4.23. The molecular formula is C6H17N3O2S. The average Bonchev–Trinajstić information content (AvgIpc) is 1.96. The van der Waals surface area contributed by atoms with Crippen molar-refractivity contribution < 1.29 is 8.42 Å². The van der Waals surface area contributed by atoms with Gasteiger partial charge in [0.05, 0.1) is 0 Å². The zero-order chi connectivity index (χ0) is 9.61. The molecule has 5 nitrogen and oxygen atoms in total. The van der Waals surface area contributed by atoms with Crippen molar-refractivity contribution in [1.29, 1.82) is 0 Å². The molecule has 0 rings (SSSR count). The Balaban J connectivity index is 3.52. The second kappa shape index (κ2) is 5.47. The van der Waals surface area contributed by atoms with Gasteiger partial charge in [0.2, 0.25) is 0 Å². The molecule has 0 spiro atoms. The van der Waals surface area contributed by atoms with E-state index in [9.17, 15) is 8.42 Å². The minimum absolute atomic E-state index is 0.464. The van der Waals surface area contributed by atoms with E-state index in [1.54, 1.807) is 0 Å². The maximum absolute atomic E-state index is 10.7.